The molecule has 0 aliphatic rings. The van der Waals surface area contributed by atoms with E-state index < -0.39 is 23.0 Å². The number of hydrogen-bond acceptors (Lipinski definition) is 6. The third-order valence-electron chi connectivity index (χ3n) is 4.86. The van der Waals surface area contributed by atoms with Crippen molar-refractivity contribution >= 4 is 27.9 Å². The van der Waals surface area contributed by atoms with Crippen molar-refractivity contribution < 1.29 is 13.2 Å². The lowest BCUT2D eigenvalue weighted by Gasteiger charge is -2.14. The van der Waals surface area contributed by atoms with Crippen molar-refractivity contribution in [3.05, 3.63) is 82.7 Å². The second kappa shape index (κ2) is 7.76. The zero-order valence-electron chi connectivity index (χ0n) is 16.3. The molecule has 0 spiro atoms. The lowest BCUT2D eigenvalue weighted by atomic mass is 10.2. The van der Waals surface area contributed by atoms with Crippen molar-refractivity contribution in [2.75, 3.05) is 11.9 Å². The van der Waals surface area contributed by atoms with Crippen LogP contribution in [0.15, 0.2) is 53.8 Å². The summed E-state index contributed by atoms with van der Waals surface area (Å²) in [5, 5.41) is 3.10. The molecule has 0 aliphatic heterocycles. The van der Waals surface area contributed by atoms with Crippen LogP contribution >= 0.6 is 0 Å². The minimum Gasteiger partial charge on any atom is -0.368 e. The maximum absolute atomic E-state index is 13.9. The lowest BCUT2D eigenvalue weighted by Crippen LogP contribution is -2.26. The van der Waals surface area contributed by atoms with Gasteiger partial charge in [0.05, 0.1) is 22.9 Å². The summed E-state index contributed by atoms with van der Waals surface area (Å²) >= 11 is 0. The minimum atomic E-state index is -0.850. The first-order valence-electron chi connectivity index (χ1n) is 9.55. The van der Waals surface area contributed by atoms with Crippen molar-refractivity contribution in [1.82, 2.24) is 29.5 Å². The highest BCUT2D eigenvalue weighted by Gasteiger charge is 2.15. The fourth-order valence-corrected chi connectivity index (χ4v) is 3.49. The number of H-pyrrole nitrogens is 1. The van der Waals surface area contributed by atoms with E-state index in [1.54, 1.807) is 0 Å². The minimum absolute atomic E-state index is 0.000380. The lowest BCUT2D eigenvalue weighted by molar-refractivity contribution is 0.580. The van der Waals surface area contributed by atoms with Gasteiger partial charge in [0, 0.05) is 19.0 Å². The number of aromatic nitrogens is 6. The van der Waals surface area contributed by atoms with Crippen LogP contribution in [0, 0.1) is 17.5 Å². The Morgan fingerprint density at radius 2 is 1.78 bits per heavy atom. The molecule has 2 aromatic carbocycles. The monoisotopic (exact) mass is 437 g/mol. The van der Waals surface area contributed by atoms with Gasteiger partial charge in [0.25, 0.3) is 5.56 Å². The van der Waals surface area contributed by atoms with Gasteiger partial charge in [-0.3, -0.25) is 9.36 Å². The predicted octanol–water partition coefficient (Wildman–Crippen LogP) is 3.12. The SMILES string of the molecule is O=c1c2cc(F)ccc2nc(CCNc2ncnc3[nH]cnc23)n1-c1cc(F)cc(F)c1. The normalized spacial score (nSPS) is 11.3. The standard InChI is InChI=1S/C21H14F3N7O/c22-11-1-2-16-15(8-11)21(32)31(14-6-12(23)5-13(24)7-14)17(30-16)3-4-25-19-18-20(27-9-26-18)29-10-28-19/h1-2,5-10H,3-4H2,(H2,25,26,27,28,29). The largest absolute Gasteiger partial charge is 0.368 e. The Kier molecular flexibility index (Phi) is 4.77. The first kappa shape index (κ1) is 19.7. The molecule has 0 saturated heterocycles. The van der Waals surface area contributed by atoms with Crippen molar-refractivity contribution in [2.45, 2.75) is 6.42 Å². The van der Waals surface area contributed by atoms with Gasteiger partial charge in [0.2, 0.25) is 0 Å². The van der Waals surface area contributed by atoms with E-state index in [2.05, 4.69) is 30.2 Å². The molecule has 0 amide bonds. The van der Waals surface area contributed by atoms with Gasteiger partial charge >= 0.3 is 0 Å². The molecule has 0 fully saturated rings. The molecule has 0 radical (unpaired) electrons. The highest BCUT2D eigenvalue weighted by atomic mass is 19.1. The van der Waals surface area contributed by atoms with E-state index in [4.69, 9.17) is 0 Å². The maximum Gasteiger partial charge on any atom is 0.266 e. The molecule has 5 aromatic rings. The van der Waals surface area contributed by atoms with Crippen LogP contribution in [0.2, 0.25) is 0 Å². The number of imidazole rings is 1. The van der Waals surface area contributed by atoms with Crippen molar-refractivity contribution in [3.8, 4) is 5.69 Å². The number of nitrogens with zero attached hydrogens (tertiary/aromatic N) is 5. The molecular weight excluding hydrogens is 423 g/mol. The number of hydrogen-bond donors (Lipinski definition) is 2. The second-order valence-corrected chi connectivity index (χ2v) is 6.96. The van der Waals surface area contributed by atoms with E-state index in [-0.39, 0.29) is 35.4 Å². The number of anilines is 1. The summed E-state index contributed by atoms with van der Waals surface area (Å²) in [4.78, 5) is 32.9. The highest BCUT2D eigenvalue weighted by molar-refractivity contribution is 5.82. The van der Waals surface area contributed by atoms with Gasteiger partial charge in [0.15, 0.2) is 11.5 Å². The van der Waals surface area contributed by atoms with Gasteiger partial charge in [-0.1, -0.05) is 0 Å². The Labute approximate surface area is 177 Å². The van der Waals surface area contributed by atoms with Crippen LogP contribution in [-0.2, 0) is 6.42 Å². The Morgan fingerprint density at radius 3 is 2.59 bits per heavy atom. The van der Waals surface area contributed by atoms with E-state index in [1.807, 2.05) is 0 Å². The quantitative estimate of drug-likeness (QED) is 0.438. The molecule has 0 unspecified atom stereocenters. The maximum atomic E-state index is 13.9. The molecule has 2 N–H and O–H groups in total. The van der Waals surface area contributed by atoms with Gasteiger partial charge in [-0.15, -0.1) is 0 Å². The van der Waals surface area contributed by atoms with Crippen LogP contribution < -0.4 is 10.9 Å². The van der Waals surface area contributed by atoms with Crippen molar-refractivity contribution in [1.29, 1.82) is 0 Å². The Bertz CT molecular complexity index is 1510. The third-order valence-corrected chi connectivity index (χ3v) is 4.86. The molecule has 11 heteroatoms. The molecule has 5 rings (SSSR count). The van der Waals surface area contributed by atoms with Crippen LogP contribution in [0.25, 0.3) is 27.8 Å². The van der Waals surface area contributed by atoms with E-state index in [1.165, 1.54) is 24.8 Å². The van der Waals surface area contributed by atoms with Gasteiger partial charge in [-0.2, -0.15) is 0 Å². The van der Waals surface area contributed by atoms with Crippen LogP contribution in [0.3, 0.4) is 0 Å². The molecule has 8 nitrogen and oxygen atoms in total. The molecule has 160 valence electrons. The molecule has 3 heterocycles. The molecule has 3 aromatic heterocycles. The van der Waals surface area contributed by atoms with Crippen LogP contribution in [0.5, 0.6) is 0 Å². The molecular formula is C21H14F3N7O. The zero-order chi connectivity index (χ0) is 22.2. The first-order valence-corrected chi connectivity index (χ1v) is 9.55. The highest BCUT2D eigenvalue weighted by Crippen LogP contribution is 2.18. The Balaban J connectivity index is 1.57. The fraction of sp³-hybridized carbons (Fsp3) is 0.0952. The Hall–Kier alpha value is -4.28. The summed E-state index contributed by atoms with van der Waals surface area (Å²) in [6, 6.07) is 6.37. The zero-order valence-corrected chi connectivity index (χ0v) is 16.3. The Morgan fingerprint density at radius 1 is 0.969 bits per heavy atom. The summed E-state index contributed by atoms with van der Waals surface area (Å²) in [5.41, 5.74) is 0.694. The van der Waals surface area contributed by atoms with Gasteiger partial charge in [0.1, 0.15) is 35.1 Å². The number of halogens is 3. The molecule has 0 saturated carbocycles. The topological polar surface area (TPSA) is 101 Å². The van der Waals surface area contributed by atoms with E-state index >= 15 is 0 Å². The summed E-state index contributed by atoms with van der Waals surface area (Å²) in [6.07, 6.45) is 3.05. The number of benzene rings is 2. The summed E-state index contributed by atoms with van der Waals surface area (Å²) < 4.78 is 42.6. The second-order valence-electron chi connectivity index (χ2n) is 6.96. The number of rotatable bonds is 5. The van der Waals surface area contributed by atoms with Crippen LogP contribution in [0.4, 0.5) is 19.0 Å². The van der Waals surface area contributed by atoms with Gasteiger partial charge < -0.3 is 10.3 Å². The van der Waals surface area contributed by atoms with E-state index in [9.17, 15) is 18.0 Å². The van der Waals surface area contributed by atoms with Gasteiger partial charge in [-0.25, -0.2) is 33.1 Å². The fourth-order valence-electron chi connectivity index (χ4n) is 3.49. The number of fused-ring (bicyclic) bond motifs is 2. The van der Waals surface area contributed by atoms with Gasteiger partial charge in [-0.05, 0) is 30.3 Å². The smallest absolute Gasteiger partial charge is 0.266 e. The van der Waals surface area contributed by atoms with Crippen LogP contribution in [-0.4, -0.2) is 36.0 Å². The van der Waals surface area contributed by atoms with Crippen molar-refractivity contribution in [3.63, 3.8) is 0 Å². The molecule has 0 atom stereocenters. The van der Waals surface area contributed by atoms with E-state index in [0.29, 0.717) is 23.0 Å². The summed E-state index contributed by atoms with van der Waals surface area (Å²) in [6.45, 7) is 0.274. The number of nitrogens with one attached hydrogen (secondary N) is 2. The number of aromatic amines is 1. The molecule has 0 bridgehead atoms. The predicted molar refractivity (Wildman–Crippen MR) is 111 cm³/mol. The third kappa shape index (κ3) is 3.53. The average molecular weight is 437 g/mol. The van der Waals surface area contributed by atoms with Crippen LogP contribution in [0.1, 0.15) is 5.82 Å². The first-order chi connectivity index (χ1) is 15.5. The molecule has 32 heavy (non-hydrogen) atoms. The molecule has 0 aliphatic carbocycles. The summed E-state index contributed by atoms with van der Waals surface area (Å²) in [5.74, 6) is -1.60. The van der Waals surface area contributed by atoms with Crippen molar-refractivity contribution in [2.24, 2.45) is 0 Å². The average Bonchev–Trinajstić information content (AvgIpc) is 3.23. The summed E-state index contributed by atoms with van der Waals surface area (Å²) in [7, 11) is 0. The van der Waals surface area contributed by atoms with E-state index in [0.717, 1.165) is 22.8 Å².